The van der Waals surface area contributed by atoms with Gasteiger partial charge in [0.1, 0.15) is 0 Å². The van der Waals surface area contributed by atoms with Gasteiger partial charge in [-0.3, -0.25) is 4.98 Å². The first-order chi connectivity index (χ1) is 8.47. The van der Waals surface area contributed by atoms with Gasteiger partial charge in [0, 0.05) is 18.1 Å². The van der Waals surface area contributed by atoms with E-state index in [1.54, 1.807) is 42.7 Å². The highest BCUT2D eigenvalue weighted by atomic mass is 32.2. The molecule has 0 aliphatic heterocycles. The number of nitrogens with one attached hydrogen (secondary N) is 1. The van der Waals surface area contributed by atoms with Crippen molar-refractivity contribution in [3.05, 3.63) is 42.7 Å². The molecule has 0 amide bonds. The first-order valence-corrected chi connectivity index (χ1v) is 7.12. The van der Waals surface area contributed by atoms with Gasteiger partial charge in [0.05, 0.1) is 22.5 Å². The van der Waals surface area contributed by atoms with Gasteiger partial charge in [-0.25, -0.2) is 8.42 Å². The molecule has 0 saturated carbocycles. The van der Waals surface area contributed by atoms with Crippen molar-refractivity contribution in [2.45, 2.75) is 4.90 Å². The Morgan fingerprint density at radius 1 is 1.17 bits per heavy atom. The summed E-state index contributed by atoms with van der Waals surface area (Å²) in [7, 11) is -3.16. The third-order valence-electron chi connectivity index (χ3n) is 2.41. The smallest absolute Gasteiger partial charge is 0.175 e. The SMILES string of the molecule is CS(=O)(=O)c1ccc(Nc2ccncc2N)cc1. The van der Waals surface area contributed by atoms with Crippen molar-refractivity contribution in [2.75, 3.05) is 17.3 Å². The largest absolute Gasteiger partial charge is 0.396 e. The molecule has 1 aromatic carbocycles. The number of hydrogen-bond donors (Lipinski definition) is 2. The summed E-state index contributed by atoms with van der Waals surface area (Å²) >= 11 is 0. The zero-order valence-electron chi connectivity index (χ0n) is 9.79. The molecule has 0 radical (unpaired) electrons. The van der Waals surface area contributed by atoms with E-state index >= 15 is 0 Å². The first kappa shape index (κ1) is 12.4. The van der Waals surface area contributed by atoms with Gasteiger partial charge in [-0.1, -0.05) is 0 Å². The van der Waals surface area contributed by atoms with E-state index in [1.165, 1.54) is 6.26 Å². The summed E-state index contributed by atoms with van der Waals surface area (Å²) in [6.07, 6.45) is 4.35. The number of pyridine rings is 1. The van der Waals surface area contributed by atoms with Gasteiger partial charge in [0.2, 0.25) is 0 Å². The molecule has 6 heteroatoms. The van der Waals surface area contributed by atoms with Crippen LogP contribution in [0.2, 0.25) is 0 Å². The van der Waals surface area contributed by atoms with Crippen molar-refractivity contribution in [1.29, 1.82) is 0 Å². The third-order valence-corrected chi connectivity index (χ3v) is 3.54. The second-order valence-corrected chi connectivity index (χ2v) is 5.90. The molecule has 0 aliphatic carbocycles. The number of benzene rings is 1. The number of sulfone groups is 1. The Labute approximate surface area is 106 Å². The number of nitrogens with zero attached hydrogens (tertiary/aromatic N) is 1. The zero-order valence-corrected chi connectivity index (χ0v) is 10.6. The van der Waals surface area contributed by atoms with Gasteiger partial charge in [0.15, 0.2) is 9.84 Å². The lowest BCUT2D eigenvalue weighted by Gasteiger charge is -2.08. The second-order valence-electron chi connectivity index (χ2n) is 3.88. The molecule has 0 fully saturated rings. The predicted octanol–water partition coefficient (Wildman–Crippen LogP) is 1.81. The maximum absolute atomic E-state index is 11.3. The maximum atomic E-state index is 11.3. The van der Waals surface area contributed by atoms with Crippen LogP contribution in [0.4, 0.5) is 17.1 Å². The summed E-state index contributed by atoms with van der Waals surface area (Å²) in [5.74, 6) is 0. The van der Waals surface area contributed by atoms with Gasteiger partial charge in [-0.2, -0.15) is 0 Å². The molecule has 0 atom stereocenters. The van der Waals surface area contributed by atoms with Crippen LogP contribution >= 0.6 is 0 Å². The molecular formula is C12H13N3O2S. The molecule has 0 saturated heterocycles. The fourth-order valence-electron chi connectivity index (χ4n) is 1.46. The molecule has 2 aromatic rings. The van der Waals surface area contributed by atoms with Crippen LogP contribution in [0.5, 0.6) is 0 Å². The fraction of sp³-hybridized carbons (Fsp3) is 0.0833. The minimum Gasteiger partial charge on any atom is -0.396 e. The minimum atomic E-state index is -3.16. The summed E-state index contributed by atoms with van der Waals surface area (Å²) in [5.41, 5.74) is 7.78. The van der Waals surface area contributed by atoms with Crippen LogP contribution in [0.3, 0.4) is 0 Å². The minimum absolute atomic E-state index is 0.288. The summed E-state index contributed by atoms with van der Waals surface area (Å²) in [6.45, 7) is 0. The highest BCUT2D eigenvalue weighted by molar-refractivity contribution is 7.90. The van der Waals surface area contributed by atoms with E-state index in [0.717, 1.165) is 11.4 Å². The van der Waals surface area contributed by atoms with Crippen molar-refractivity contribution in [2.24, 2.45) is 0 Å². The number of nitrogen functional groups attached to an aromatic ring is 1. The van der Waals surface area contributed by atoms with Crippen molar-refractivity contribution >= 4 is 26.9 Å². The van der Waals surface area contributed by atoms with E-state index in [0.29, 0.717) is 5.69 Å². The van der Waals surface area contributed by atoms with Gasteiger partial charge in [-0.15, -0.1) is 0 Å². The predicted molar refractivity (Wildman–Crippen MR) is 71.5 cm³/mol. The van der Waals surface area contributed by atoms with E-state index in [9.17, 15) is 8.42 Å². The Hall–Kier alpha value is -2.08. The van der Waals surface area contributed by atoms with Gasteiger partial charge >= 0.3 is 0 Å². The molecule has 0 unspecified atom stereocenters. The van der Waals surface area contributed by atoms with Crippen LogP contribution in [0, 0.1) is 0 Å². The van der Waals surface area contributed by atoms with E-state index < -0.39 is 9.84 Å². The molecule has 94 valence electrons. The van der Waals surface area contributed by atoms with Crippen molar-refractivity contribution in [3.8, 4) is 0 Å². The van der Waals surface area contributed by atoms with Crippen LogP contribution in [-0.2, 0) is 9.84 Å². The third kappa shape index (κ3) is 2.78. The summed E-state index contributed by atoms with van der Waals surface area (Å²) < 4.78 is 22.6. The molecule has 1 aromatic heterocycles. The highest BCUT2D eigenvalue weighted by Gasteiger charge is 2.06. The normalized spacial score (nSPS) is 11.2. The van der Waals surface area contributed by atoms with Gasteiger partial charge in [-0.05, 0) is 30.3 Å². The van der Waals surface area contributed by atoms with Gasteiger partial charge < -0.3 is 11.1 Å². The second kappa shape index (κ2) is 4.66. The Morgan fingerprint density at radius 3 is 2.39 bits per heavy atom. The molecule has 2 rings (SSSR count). The van der Waals surface area contributed by atoms with Crippen LogP contribution in [0.25, 0.3) is 0 Å². The number of hydrogen-bond acceptors (Lipinski definition) is 5. The molecular weight excluding hydrogens is 250 g/mol. The Bertz CT molecular complexity index is 651. The Morgan fingerprint density at radius 2 is 1.83 bits per heavy atom. The molecule has 0 spiro atoms. The van der Waals surface area contributed by atoms with E-state index in [-0.39, 0.29) is 4.90 Å². The Kier molecular flexibility index (Phi) is 3.20. The lowest BCUT2D eigenvalue weighted by molar-refractivity contribution is 0.602. The lowest BCUT2D eigenvalue weighted by atomic mass is 10.3. The standard InChI is InChI=1S/C12H13N3O2S/c1-18(16,17)10-4-2-9(3-5-10)15-12-6-7-14-8-11(12)13/h2-8H,13H2,1H3,(H,14,15). The van der Waals surface area contributed by atoms with Crippen molar-refractivity contribution in [3.63, 3.8) is 0 Å². The quantitative estimate of drug-likeness (QED) is 0.882. The number of anilines is 3. The first-order valence-electron chi connectivity index (χ1n) is 5.23. The summed E-state index contributed by atoms with van der Waals surface area (Å²) in [6, 6.07) is 8.23. The fourth-order valence-corrected chi connectivity index (χ4v) is 2.09. The summed E-state index contributed by atoms with van der Waals surface area (Å²) in [5, 5.41) is 3.09. The molecule has 5 nitrogen and oxygen atoms in total. The number of aromatic nitrogens is 1. The average Bonchev–Trinajstić information content (AvgIpc) is 2.32. The molecule has 3 N–H and O–H groups in total. The van der Waals surface area contributed by atoms with E-state index in [1.807, 2.05) is 0 Å². The van der Waals surface area contributed by atoms with Crippen molar-refractivity contribution in [1.82, 2.24) is 4.98 Å². The maximum Gasteiger partial charge on any atom is 0.175 e. The zero-order chi connectivity index (χ0) is 13.2. The topological polar surface area (TPSA) is 85.1 Å². The van der Waals surface area contributed by atoms with Crippen molar-refractivity contribution < 1.29 is 8.42 Å². The number of nitrogens with two attached hydrogens (primary N) is 1. The molecule has 0 bridgehead atoms. The molecule has 0 aliphatic rings. The summed E-state index contributed by atoms with van der Waals surface area (Å²) in [4.78, 5) is 4.18. The molecule has 1 heterocycles. The average molecular weight is 263 g/mol. The number of rotatable bonds is 3. The molecule has 18 heavy (non-hydrogen) atoms. The van der Waals surface area contributed by atoms with Crippen LogP contribution in [0.1, 0.15) is 0 Å². The van der Waals surface area contributed by atoms with Crippen LogP contribution in [0.15, 0.2) is 47.6 Å². The van der Waals surface area contributed by atoms with E-state index in [4.69, 9.17) is 5.73 Å². The Balaban J connectivity index is 2.24. The van der Waals surface area contributed by atoms with Crippen LogP contribution < -0.4 is 11.1 Å². The highest BCUT2D eigenvalue weighted by Crippen LogP contribution is 2.22. The van der Waals surface area contributed by atoms with Crippen LogP contribution in [-0.4, -0.2) is 19.7 Å². The lowest BCUT2D eigenvalue weighted by Crippen LogP contribution is -1.99. The monoisotopic (exact) mass is 263 g/mol. The van der Waals surface area contributed by atoms with Gasteiger partial charge in [0.25, 0.3) is 0 Å². The van der Waals surface area contributed by atoms with E-state index in [2.05, 4.69) is 10.3 Å².